The van der Waals surface area contributed by atoms with E-state index in [9.17, 15) is 9.59 Å². The molecule has 2 N–H and O–H groups in total. The molecule has 0 aliphatic rings. The van der Waals surface area contributed by atoms with Crippen LogP contribution in [0.15, 0.2) is 48.5 Å². The standard InChI is InChI=1S/C15H10ClN3O2/c16-11-4-2-6-13(8-11)19-15(21)14(20)18-12-5-1-3-10(7-12)9-17/h1-8H,(H,18,20)(H,19,21). The van der Waals surface area contributed by atoms with Gasteiger partial charge in [0.25, 0.3) is 0 Å². The number of rotatable bonds is 2. The fourth-order valence-corrected chi connectivity index (χ4v) is 1.80. The SMILES string of the molecule is N#Cc1cccc(NC(=O)C(=O)Nc2cccc(Cl)c2)c1. The zero-order chi connectivity index (χ0) is 15.2. The summed E-state index contributed by atoms with van der Waals surface area (Å²) in [4.78, 5) is 23.5. The average molecular weight is 300 g/mol. The number of benzene rings is 2. The Kier molecular flexibility index (Phi) is 4.54. The van der Waals surface area contributed by atoms with Crippen LogP contribution in [0, 0.1) is 11.3 Å². The lowest BCUT2D eigenvalue weighted by molar-refractivity contribution is -0.132. The van der Waals surface area contributed by atoms with Gasteiger partial charge in [0.2, 0.25) is 0 Å². The van der Waals surface area contributed by atoms with Crippen molar-refractivity contribution in [2.45, 2.75) is 0 Å². The number of anilines is 2. The first-order valence-electron chi connectivity index (χ1n) is 5.96. The molecule has 21 heavy (non-hydrogen) atoms. The van der Waals surface area contributed by atoms with Crippen LogP contribution in [0.3, 0.4) is 0 Å². The van der Waals surface area contributed by atoms with Gasteiger partial charge in [0.15, 0.2) is 0 Å². The van der Waals surface area contributed by atoms with Crippen LogP contribution >= 0.6 is 11.6 Å². The number of nitrogens with one attached hydrogen (secondary N) is 2. The number of carbonyl (C=O) groups is 2. The Balaban J connectivity index is 2.03. The molecule has 104 valence electrons. The first kappa shape index (κ1) is 14.6. The Morgan fingerprint density at radius 2 is 1.52 bits per heavy atom. The first-order valence-corrected chi connectivity index (χ1v) is 6.34. The Morgan fingerprint density at radius 3 is 2.10 bits per heavy atom. The Morgan fingerprint density at radius 1 is 0.952 bits per heavy atom. The molecular formula is C15H10ClN3O2. The molecule has 0 aliphatic carbocycles. The van der Waals surface area contributed by atoms with Crippen molar-refractivity contribution in [1.82, 2.24) is 0 Å². The Bertz CT molecular complexity index is 738. The smallest absolute Gasteiger partial charge is 0.314 e. The number of nitrogens with zero attached hydrogens (tertiary/aromatic N) is 1. The molecule has 2 aromatic carbocycles. The molecule has 0 aromatic heterocycles. The van der Waals surface area contributed by atoms with Gasteiger partial charge in [-0.05, 0) is 36.4 Å². The van der Waals surface area contributed by atoms with Gasteiger partial charge in [0, 0.05) is 16.4 Å². The van der Waals surface area contributed by atoms with E-state index >= 15 is 0 Å². The average Bonchev–Trinajstić information content (AvgIpc) is 2.47. The molecule has 6 heteroatoms. The van der Waals surface area contributed by atoms with E-state index in [-0.39, 0.29) is 0 Å². The minimum absolute atomic E-state index is 0.375. The lowest BCUT2D eigenvalue weighted by Crippen LogP contribution is -2.29. The minimum atomic E-state index is -0.829. The van der Waals surface area contributed by atoms with Crippen LogP contribution in [0.2, 0.25) is 5.02 Å². The highest BCUT2D eigenvalue weighted by molar-refractivity contribution is 6.43. The van der Waals surface area contributed by atoms with Gasteiger partial charge in [-0.1, -0.05) is 23.7 Å². The number of halogens is 1. The van der Waals surface area contributed by atoms with Gasteiger partial charge in [-0.3, -0.25) is 9.59 Å². The normalized spacial score (nSPS) is 9.52. The van der Waals surface area contributed by atoms with E-state index in [0.717, 1.165) is 0 Å². The molecule has 0 spiro atoms. The molecule has 0 saturated carbocycles. The lowest BCUT2D eigenvalue weighted by atomic mass is 10.2. The third kappa shape index (κ3) is 4.06. The van der Waals surface area contributed by atoms with Crippen LogP contribution in [-0.4, -0.2) is 11.8 Å². The van der Waals surface area contributed by atoms with E-state index in [1.807, 2.05) is 6.07 Å². The number of carbonyl (C=O) groups excluding carboxylic acids is 2. The van der Waals surface area contributed by atoms with Crippen LogP contribution in [0.5, 0.6) is 0 Å². The van der Waals surface area contributed by atoms with Crippen molar-refractivity contribution < 1.29 is 9.59 Å². The van der Waals surface area contributed by atoms with Gasteiger partial charge in [-0.2, -0.15) is 5.26 Å². The molecule has 0 unspecified atom stereocenters. The zero-order valence-corrected chi connectivity index (χ0v) is 11.5. The molecule has 0 radical (unpaired) electrons. The van der Waals surface area contributed by atoms with Gasteiger partial charge in [0.1, 0.15) is 0 Å². The molecule has 2 rings (SSSR count). The maximum Gasteiger partial charge on any atom is 0.314 e. The molecule has 0 aliphatic heterocycles. The second kappa shape index (κ2) is 6.55. The number of nitriles is 1. The summed E-state index contributed by atoms with van der Waals surface area (Å²) in [6.45, 7) is 0. The summed E-state index contributed by atoms with van der Waals surface area (Å²) in [5.41, 5.74) is 1.19. The summed E-state index contributed by atoms with van der Waals surface area (Å²) in [5, 5.41) is 14.1. The van der Waals surface area contributed by atoms with Crippen molar-refractivity contribution in [3.63, 3.8) is 0 Å². The van der Waals surface area contributed by atoms with Crippen molar-refractivity contribution in [2.24, 2.45) is 0 Å². The monoisotopic (exact) mass is 299 g/mol. The Labute approximate surface area is 126 Å². The zero-order valence-electron chi connectivity index (χ0n) is 10.8. The number of hydrogen-bond donors (Lipinski definition) is 2. The predicted molar refractivity (Wildman–Crippen MR) is 79.9 cm³/mol. The maximum atomic E-state index is 11.8. The largest absolute Gasteiger partial charge is 0.318 e. The molecule has 0 heterocycles. The van der Waals surface area contributed by atoms with Gasteiger partial charge in [-0.15, -0.1) is 0 Å². The van der Waals surface area contributed by atoms with Gasteiger partial charge >= 0.3 is 11.8 Å². The molecule has 0 fully saturated rings. The Hall–Kier alpha value is -2.84. The van der Waals surface area contributed by atoms with Crippen LogP contribution in [0.4, 0.5) is 11.4 Å². The third-order valence-corrected chi connectivity index (χ3v) is 2.77. The van der Waals surface area contributed by atoms with E-state index in [1.165, 1.54) is 12.1 Å². The summed E-state index contributed by atoms with van der Waals surface area (Å²) in [7, 11) is 0. The van der Waals surface area contributed by atoms with Crippen molar-refractivity contribution >= 4 is 34.8 Å². The highest BCUT2D eigenvalue weighted by Crippen LogP contribution is 2.15. The summed E-state index contributed by atoms with van der Waals surface area (Å²) in [6, 6.07) is 14.7. The summed E-state index contributed by atoms with van der Waals surface area (Å²) < 4.78 is 0. The van der Waals surface area contributed by atoms with E-state index < -0.39 is 11.8 Å². The fraction of sp³-hybridized carbons (Fsp3) is 0. The van der Waals surface area contributed by atoms with Crippen LogP contribution < -0.4 is 10.6 Å². The van der Waals surface area contributed by atoms with Crippen LogP contribution in [-0.2, 0) is 9.59 Å². The summed E-state index contributed by atoms with van der Waals surface area (Å²) in [5.74, 6) is -1.65. The summed E-state index contributed by atoms with van der Waals surface area (Å²) >= 11 is 5.79. The predicted octanol–water partition coefficient (Wildman–Crippen LogP) is 2.79. The summed E-state index contributed by atoms with van der Waals surface area (Å²) in [6.07, 6.45) is 0. The van der Waals surface area contributed by atoms with Crippen molar-refractivity contribution in [3.8, 4) is 6.07 Å². The molecule has 0 bridgehead atoms. The topological polar surface area (TPSA) is 82.0 Å². The third-order valence-electron chi connectivity index (χ3n) is 2.54. The van der Waals surface area contributed by atoms with E-state index in [0.29, 0.717) is 22.0 Å². The van der Waals surface area contributed by atoms with Crippen molar-refractivity contribution in [2.75, 3.05) is 10.6 Å². The fourth-order valence-electron chi connectivity index (χ4n) is 1.61. The second-order valence-electron chi connectivity index (χ2n) is 4.11. The van der Waals surface area contributed by atoms with Crippen molar-refractivity contribution in [1.29, 1.82) is 5.26 Å². The van der Waals surface area contributed by atoms with Crippen molar-refractivity contribution in [3.05, 3.63) is 59.1 Å². The molecule has 0 atom stereocenters. The molecular weight excluding hydrogens is 290 g/mol. The van der Waals surface area contributed by atoms with Crippen LogP contribution in [0.25, 0.3) is 0 Å². The van der Waals surface area contributed by atoms with E-state index in [2.05, 4.69) is 10.6 Å². The molecule has 2 aromatic rings. The van der Waals surface area contributed by atoms with Gasteiger partial charge in [-0.25, -0.2) is 0 Å². The lowest BCUT2D eigenvalue weighted by Gasteiger charge is -2.07. The molecule has 0 saturated heterocycles. The minimum Gasteiger partial charge on any atom is -0.318 e. The molecule has 5 nitrogen and oxygen atoms in total. The van der Waals surface area contributed by atoms with E-state index in [4.69, 9.17) is 16.9 Å². The van der Waals surface area contributed by atoms with E-state index in [1.54, 1.807) is 36.4 Å². The quantitative estimate of drug-likeness (QED) is 0.837. The maximum absolute atomic E-state index is 11.8. The highest BCUT2D eigenvalue weighted by atomic mass is 35.5. The first-order chi connectivity index (χ1) is 10.1. The van der Waals surface area contributed by atoms with Crippen LogP contribution in [0.1, 0.15) is 5.56 Å². The number of amides is 2. The molecule has 2 amide bonds. The van der Waals surface area contributed by atoms with Gasteiger partial charge in [0.05, 0.1) is 11.6 Å². The van der Waals surface area contributed by atoms with Gasteiger partial charge < -0.3 is 10.6 Å². The highest BCUT2D eigenvalue weighted by Gasteiger charge is 2.14. The number of hydrogen-bond acceptors (Lipinski definition) is 3. The second-order valence-corrected chi connectivity index (χ2v) is 4.55.